The summed E-state index contributed by atoms with van der Waals surface area (Å²) in [6, 6.07) is 22.2. The molecule has 0 saturated carbocycles. The summed E-state index contributed by atoms with van der Waals surface area (Å²) < 4.78 is 11.1. The van der Waals surface area contributed by atoms with Crippen molar-refractivity contribution in [2.45, 2.75) is 19.6 Å². The number of carbonyl (C=O) groups excluding carboxylic acids is 2. The fourth-order valence-electron chi connectivity index (χ4n) is 3.11. The van der Waals surface area contributed by atoms with Crippen LogP contribution in [0.5, 0.6) is 5.75 Å². The SMILES string of the molecule is O=C(Cc1ccc2c(c1)C(=O)c1ccccc1CO2)OCc1ccccc1. The van der Waals surface area contributed by atoms with Crippen molar-refractivity contribution in [1.29, 1.82) is 0 Å². The van der Waals surface area contributed by atoms with E-state index in [0.29, 0.717) is 23.5 Å². The molecule has 0 fully saturated rings. The molecule has 0 N–H and O–H groups in total. The number of carbonyl (C=O) groups is 2. The highest BCUT2D eigenvalue weighted by Gasteiger charge is 2.22. The summed E-state index contributed by atoms with van der Waals surface area (Å²) in [6.07, 6.45) is 0.106. The fraction of sp³-hybridized carbons (Fsp3) is 0.130. The van der Waals surface area contributed by atoms with Gasteiger partial charge in [-0.05, 0) is 23.3 Å². The van der Waals surface area contributed by atoms with E-state index in [9.17, 15) is 9.59 Å². The molecule has 3 aromatic rings. The minimum atomic E-state index is -0.332. The Morgan fingerprint density at radius 2 is 1.67 bits per heavy atom. The van der Waals surface area contributed by atoms with Gasteiger partial charge in [0.1, 0.15) is 19.0 Å². The molecule has 0 amide bonds. The van der Waals surface area contributed by atoms with Gasteiger partial charge in [0.05, 0.1) is 12.0 Å². The second-order valence-corrected chi connectivity index (χ2v) is 6.43. The van der Waals surface area contributed by atoms with Gasteiger partial charge < -0.3 is 9.47 Å². The van der Waals surface area contributed by atoms with Crippen molar-refractivity contribution in [1.82, 2.24) is 0 Å². The molecule has 3 aromatic carbocycles. The molecule has 134 valence electrons. The number of hydrogen-bond donors (Lipinski definition) is 0. The Kier molecular flexibility index (Phi) is 4.71. The van der Waals surface area contributed by atoms with Gasteiger partial charge in [0.2, 0.25) is 0 Å². The first-order chi connectivity index (χ1) is 13.2. The Morgan fingerprint density at radius 3 is 2.52 bits per heavy atom. The van der Waals surface area contributed by atoms with Gasteiger partial charge in [0.25, 0.3) is 0 Å². The first-order valence-electron chi connectivity index (χ1n) is 8.78. The molecule has 1 aliphatic rings. The quantitative estimate of drug-likeness (QED) is 0.659. The normalized spacial score (nSPS) is 12.4. The van der Waals surface area contributed by atoms with Crippen LogP contribution >= 0.6 is 0 Å². The van der Waals surface area contributed by atoms with Crippen molar-refractivity contribution in [3.63, 3.8) is 0 Å². The number of ketones is 1. The molecule has 4 rings (SSSR count). The largest absolute Gasteiger partial charge is 0.488 e. The summed E-state index contributed by atoms with van der Waals surface area (Å²) in [5, 5.41) is 0. The molecule has 4 heteroatoms. The minimum Gasteiger partial charge on any atom is -0.488 e. The van der Waals surface area contributed by atoms with Crippen molar-refractivity contribution < 1.29 is 19.1 Å². The molecule has 0 unspecified atom stereocenters. The van der Waals surface area contributed by atoms with Crippen LogP contribution < -0.4 is 4.74 Å². The molecule has 1 heterocycles. The van der Waals surface area contributed by atoms with E-state index in [1.54, 1.807) is 24.3 Å². The number of hydrogen-bond acceptors (Lipinski definition) is 4. The lowest BCUT2D eigenvalue weighted by molar-refractivity contribution is -0.144. The maximum absolute atomic E-state index is 12.9. The summed E-state index contributed by atoms with van der Waals surface area (Å²) in [5.74, 6) is 0.122. The summed E-state index contributed by atoms with van der Waals surface area (Å²) >= 11 is 0. The summed E-state index contributed by atoms with van der Waals surface area (Å²) in [5.41, 5.74) is 3.65. The van der Waals surface area contributed by atoms with Gasteiger partial charge in [-0.2, -0.15) is 0 Å². The van der Waals surface area contributed by atoms with Crippen LogP contribution in [0, 0.1) is 0 Å². The van der Waals surface area contributed by atoms with Gasteiger partial charge in [-0.1, -0.05) is 60.7 Å². The van der Waals surface area contributed by atoms with Gasteiger partial charge in [0, 0.05) is 11.1 Å². The smallest absolute Gasteiger partial charge is 0.310 e. The van der Waals surface area contributed by atoms with Crippen LogP contribution in [0.3, 0.4) is 0 Å². The van der Waals surface area contributed by atoms with Crippen LogP contribution in [0.15, 0.2) is 72.8 Å². The molecular weight excluding hydrogens is 340 g/mol. The molecule has 0 radical (unpaired) electrons. The highest BCUT2D eigenvalue weighted by molar-refractivity contribution is 6.12. The van der Waals surface area contributed by atoms with Gasteiger partial charge in [0.15, 0.2) is 5.78 Å². The van der Waals surface area contributed by atoms with Crippen LogP contribution in [0.2, 0.25) is 0 Å². The monoisotopic (exact) mass is 358 g/mol. The molecule has 0 saturated heterocycles. The third-order valence-electron chi connectivity index (χ3n) is 4.52. The minimum absolute atomic E-state index is 0.0856. The van der Waals surface area contributed by atoms with Crippen molar-refractivity contribution in [2.24, 2.45) is 0 Å². The molecular formula is C23H18O4. The Labute approximate surface area is 157 Å². The highest BCUT2D eigenvalue weighted by atomic mass is 16.5. The lowest BCUT2D eigenvalue weighted by Crippen LogP contribution is -2.09. The third kappa shape index (κ3) is 3.75. The Balaban J connectivity index is 1.50. The molecule has 27 heavy (non-hydrogen) atoms. The van der Waals surface area contributed by atoms with Gasteiger partial charge in [-0.25, -0.2) is 0 Å². The number of fused-ring (bicyclic) bond motifs is 2. The second kappa shape index (κ2) is 7.46. The van der Waals surface area contributed by atoms with Crippen LogP contribution in [-0.2, 0) is 29.2 Å². The lowest BCUT2D eigenvalue weighted by atomic mass is 9.97. The van der Waals surface area contributed by atoms with Gasteiger partial charge in [-0.15, -0.1) is 0 Å². The Morgan fingerprint density at radius 1 is 0.889 bits per heavy atom. The summed E-state index contributed by atoms with van der Waals surface area (Å²) in [7, 11) is 0. The lowest BCUT2D eigenvalue weighted by Gasteiger charge is -2.09. The Bertz CT molecular complexity index is 992. The molecule has 0 spiro atoms. The van der Waals surface area contributed by atoms with E-state index in [-0.39, 0.29) is 24.8 Å². The predicted octanol–water partition coefficient (Wildman–Crippen LogP) is 4.10. The third-order valence-corrected chi connectivity index (χ3v) is 4.52. The van der Waals surface area contributed by atoms with E-state index in [1.165, 1.54) is 0 Å². The second-order valence-electron chi connectivity index (χ2n) is 6.43. The van der Waals surface area contributed by atoms with Crippen molar-refractivity contribution in [2.75, 3.05) is 0 Å². The van der Waals surface area contributed by atoms with Crippen molar-refractivity contribution >= 4 is 11.8 Å². The number of esters is 1. The number of benzene rings is 3. The average Bonchev–Trinajstić information content (AvgIpc) is 2.85. The van der Waals surface area contributed by atoms with E-state index in [0.717, 1.165) is 16.7 Å². The predicted molar refractivity (Wildman–Crippen MR) is 101 cm³/mol. The van der Waals surface area contributed by atoms with Crippen LogP contribution in [0.1, 0.15) is 32.6 Å². The molecule has 4 nitrogen and oxygen atoms in total. The summed E-state index contributed by atoms with van der Waals surface area (Å²) in [6.45, 7) is 0.591. The molecule has 0 aliphatic carbocycles. The summed E-state index contributed by atoms with van der Waals surface area (Å²) in [4.78, 5) is 25.0. The number of rotatable bonds is 4. The van der Waals surface area contributed by atoms with Crippen molar-refractivity contribution in [3.8, 4) is 5.75 Å². The van der Waals surface area contributed by atoms with Crippen LogP contribution in [0.25, 0.3) is 0 Å². The zero-order valence-corrected chi connectivity index (χ0v) is 14.7. The zero-order chi connectivity index (χ0) is 18.6. The number of ether oxygens (including phenoxy) is 2. The van der Waals surface area contributed by atoms with E-state index in [4.69, 9.17) is 9.47 Å². The highest BCUT2D eigenvalue weighted by Crippen LogP contribution is 2.29. The van der Waals surface area contributed by atoms with Gasteiger partial charge >= 0.3 is 5.97 Å². The van der Waals surface area contributed by atoms with E-state index in [2.05, 4.69) is 0 Å². The van der Waals surface area contributed by atoms with Gasteiger partial charge in [-0.3, -0.25) is 9.59 Å². The zero-order valence-electron chi connectivity index (χ0n) is 14.7. The standard InChI is InChI=1S/C23H18O4/c24-22(27-14-16-6-2-1-3-7-16)13-17-10-11-21-20(12-17)23(25)19-9-5-4-8-18(19)15-26-21/h1-12H,13-15H2. The van der Waals surface area contributed by atoms with Crippen LogP contribution in [0.4, 0.5) is 0 Å². The molecule has 0 aromatic heterocycles. The first-order valence-corrected chi connectivity index (χ1v) is 8.78. The molecule has 0 bridgehead atoms. The van der Waals surface area contributed by atoms with Crippen LogP contribution in [-0.4, -0.2) is 11.8 Å². The van der Waals surface area contributed by atoms with E-state index < -0.39 is 0 Å². The molecule has 1 aliphatic heterocycles. The average molecular weight is 358 g/mol. The maximum Gasteiger partial charge on any atom is 0.310 e. The van der Waals surface area contributed by atoms with E-state index >= 15 is 0 Å². The topological polar surface area (TPSA) is 52.6 Å². The molecule has 0 atom stereocenters. The fourth-order valence-corrected chi connectivity index (χ4v) is 3.11. The van der Waals surface area contributed by atoms with E-state index in [1.807, 2.05) is 48.5 Å². The Hall–Kier alpha value is -3.40. The van der Waals surface area contributed by atoms with Crippen molar-refractivity contribution in [3.05, 3.63) is 101 Å². The maximum atomic E-state index is 12.9. The first kappa shape index (κ1) is 17.0.